The van der Waals surface area contributed by atoms with E-state index in [1.165, 1.54) is 5.56 Å². The van der Waals surface area contributed by atoms with Crippen molar-refractivity contribution in [1.29, 1.82) is 0 Å². The van der Waals surface area contributed by atoms with E-state index in [4.69, 9.17) is 0 Å². The van der Waals surface area contributed by atoms with Gasteiger partial charge in [-0.3, -0.25) is 4.98 Å². The van der Waals surface area contributed by atoms with Gasteiger partial charge in [0.25, 0.3) is 0 Å². The molecule has 0 aliphatic carbocycles. The molecule has 0 aliphatic rings. The van der Waals surface area contributed by atoms with Crippen molar-refractivity contribution in [2.75, 3.05) is 0 Å². The molecule has 1 atom stereocenters. The van der Waals surface area contributed by atoms with Crippen LogP contribution in [0, 0.1) is 0 Å². The molecule has 100 valence electrons. The second-order valence-corrected chi connectivity index (χ2v) is 6.17. The summed E-state index contributed by atoms with van der Waals surface area (Å²) in [5.41, 5.74) is 2.98. The molecule has 1 unspecified atom stereocenters. The fourth-order valence-electron chi connectivity index (χ4n) is 1.86. The number of aryl methyl sites for hydroxylation is 1. The molecule has 19 heavy (non-hydrogen) atoms. The maximum atomic E-state index is 10.3. The van der Waals surface area contributed by atoms with E-state index >= 15 is 0 Å². The van der Waals surface area contributed by atoms with Crippen molar-refractivity contribution in [2.45, 2.75) is 25.9 Å². The molecule has 0 bridgehead atoms. The molecule has 1 N–H and O–H groups in total. The van der Waals surface area contributed by atoms with Crippen LogP contribution in [0.1, 0.15) is 29.8 Å². The summed E-state index contributed by atoms with van der Waals surface area (Å²) in [6, 6.07) is 9.83. The van der Waals surface area contributed by atoms with Crippen molar-refractivity contribution in [3.8, 4) is 0 Å². The van der Waals surface area contributed by atoms with E-state index in [0.29, 0.717) is 6.42 Å². The summed E-state index contributed by atoms with van der Waals surface area (Å²) >= 11 is 6.89. The van der Waals surface area contributed by atoms with Crippen LogP contribution in [0.2, 0.25) is 0 Å². The van der Waals surface area contributed by atoms with E-state index in [-0.39, 0.29) is 0 Å². The van der Waals surface area contributed by atoms with E-state index < -0.39 is 6.10 Å². The zero-order valence-electron chi connectivity index (χ0n) is 10.6. The fourth-order valence-corrected chi connectivity index (χ4v) is 2.75. The lowest BCUT2D eigenvalue weighted by atomic mass is 10.0. The molecule has 2 nitrogen and oxygen atoms in total. The minimum atomic E-state index is -0.563. The number of hydrogen-bond donors (Lipinski definition) is 1. The lowest BCUT2D eigenvalue weighted by molar-refractivity contribution is 0.176. The Labute approximate surface area is 130 Å². The number of benzene rings is 1. The molecule has 1 heterocycles. The normalized spacial score (nSPS) is 12.4. The predicted octanol–water partition coefficient (Wildman–Crippen LogP) is 4.45. The van der Waals surface area contributed by atoms with Gasteiger partial charge in [0, 0.05) is 27.3 Å². The van der Waals surface area contributed by atoms with E-state index in [2.05, 4.69) is 49.8 Å². The van der Waals surface area contributed by atoms with Crippen molar-refractivity contribution in [2.24, 2.45) is 0 Å². The molecule has 1 aromatic heterocycles. The van der Waals surface area contributed by atoms with Crippen molar-refractivity contribution in [3.05, 3.63) is 62.3 Å². The number of hydrogen-bond acceptors (Lipinski definition) is 2. The summed E-state index contributed by atoms with van der Waals surface area (Å²) in [7, 11) is 0. The Bertz CT molecular complexity index is 555. The lowest BCUT2D eigenvalue weighted by Crippen LogP contribution is -2.04. The van der Waals surface area contributed by atoms with Gasteiger partial charge < -0.3 is 5.11 Å². The van der Waals surface area contributed by atoms with Crippen molar-refractivity contribution in [1.82, 2.24) is 4.98 Å². The summed E-state index contributed by atoms with van der Waals surface area (Å²) in [6.07, 6.45) is 2.80. The zero-order valence-corrected chi connectivity index (χ0v) is 13.8. The summed E-state index contributed by atoms with van der Waals surface area (Å²) in [5.74, 6) is 0. The highest BCUT2D eigenvalue weighted by Crippen LogP contribution is 2.28. The summed E-state index contributed by atoms with van der Waals surface area (Å²) < 4.78 is 1.87. The Morgan fingerprint density at radius 2 is 2.00 bits per heavy atom. The first kappa shape index (κ1) is 14.7. The summed E-state index contributed by atoms with van der Waals surface area (Å²) in [4.78, 5) is 4.38. The van der Waals surface area contributed by atoms with Gasteiger partial charge in [-0.15, -0.1) is 0 Å². The van der Waals surface area contributed by atoms with Crippen LogP contribution in [0.4, 0.5) is 0 Å². The topological polar surface area (TPSA) is 33.1 Å². The van der Waals surface area contributed by atoms with E-state index in [1.807, 2.05) is 30.5 Å². The van der Waals surface area contributed by atoms with Crippen molar-refractivity contribution >= 4 is 31.9 Å². The Hall–Kier alpha value is -0.710. The predicted molar refractivity (Wildman–Crippen MR) is 84.1 cm³/mol. The number of aliphatic hydroxyl groups is 1. The quantitative estimate of drug-likeness (QED) is 0.844. The smallest absolute Gasteiger partial charge is 0.0856 e. The van der Waals surface area contributed by atoms with E-state index in [1.54, 1.807) is 0 Å². The van der Waals surface area contributed by atoms with Crippen molar-refractivity contribution < 1.29 is 5.11 Å². The molecule has 0 saturated carbocycles. The van der Waals surface area contributed by atoms with Crippen LogP contribution in [0.3, 0.4) is 0 Å². The fraction of sp³-hybridized carbons (Fsp3) is 0.267. The number of rotatable bonds is 4. The number of aromatic nitrogens is 1. The van der Waals surface area contributed by atoms with Gasteiger partial charge in [-0.25, -0.2) is 0 Å². The Kier molecular flexibility index (Phi) is 5.13. The SMILES string of the molecule is CCc1ccc(CC(O)c2cc(Br)ccc2Br)nc1. The standard InChI is InChI=1S/C15H15Br2NO/c1-2-10-3-5-12(18-9-10)8-15(19)13-7-11(16)4-6-14(13)17/h3-7,9,15,19H,2,8H2,1H3. The summed E-state index contributed by atoms with van der Waals surface area (Å²) in [6.45, 7) is 2.10. The number of halogens is 2. The first-order chi connectivity index (χ1) is 9.10. The lowest BCUT2D eigenvalue weighted by Gasteiger charge is -2.13. The van der Waals surface area contributed by atoms with Gasteiger partial charge in [0.1, 0.15) is 0 Å². The molecule has 0 spiro atoms. The Morgan fingerprint density at radius 1 is 1.21 bits per heavy atom. The molecule has 2 rings (SSSR count). The van der Waals surface area contributed by atoms with Gasteiger partial charge in [0.2, 0.25) is 0 Å². The number of nitrogens with zero attached hydrogens (tertiary/aromatic N) is 1. The van der Waals surface area contributed by atoms with Crippen LogP contribution >= 0.6 is 31.9 Å². The molecule has 4 heteroatoms. The van der Waals surface area contributed by atoms with E-state index in [0.717, 1.165) is 26.6 Å². The maximum Gasteiger partial charge on any atom is 0.0856 e. The average molecular weight is 385 g/mol. The first-order valence-electron chi connectivity index (χ1n) is 6.17. The third kappa shape index (κ3) is 3.88. The number of pyridine rings is 1. The van der Waals surface area contributed by atoms with Crippen LogP contribution in [0.5, 0.6) is 0 Å². The average Bonchev–Trinajstić information content (AvgIpc) is 2.42. The first-order valence-corrected chi connectivity index (χ1v) is 7.75. The van der Waals surface area contributed by atoms with Gasteiger partial charge in [-0.1, -0.05) is 44.8 Å². The third-order valence-corrected chi connectivity index (χ3v) is 4.23. The highest BCUT2D eigenvalue weighted by atomic mass is 79.9. The molecule has 1 aromatic carbocycles. The Balaban J connectivity index is 2.15. The monoisotopic (exact) mass is 383 g/mol. The van der Waals surface area contributed by atoms with Gasteiger partial charge in [-0.05, 0) is 41.8 Å². The molecule has 0 aliphatic heterocycles. The second-order valence-electron chi connectivity index (χ2n) is 4.40. The highest BCUT2D eigenvalue weighted by Gasteiger charge is 2.13. The highest BCUT2D eigenvalue weighted by molar-refractivity contribution is 9.11. The van der Waals surface area contributed by atoms with Gasteiger partial charge in [-0.2, -0.15) is 0 Å². The molecule has 2 aromatic rings. The minimum Gasteiger partial charge on any atom is -0.388 e. The van der Waals surface area contributed by atoms with Gasteiger partial charge in [0.05, 0.1) is 6.10 Å². The third-order valence-electron chi connectivity index (χ3n) is 3.01. The Morgan fingerprint density at radius 3 is 2.63 bits per heavy atom. The second kappa shape index (κ2) is 6.64. The van der Waals surface area contributed by atoms with E-state index in [9.17, 15) is 5.11 Å². The maximum absolute atomic E-state index is 10.3. The van der Waals surface area contributed by atoms with Crippen LogP contribution in [0.15, 0.2) is 45.5 Å². The minimum absolute atomic E-state index is 0.513. The molecular weight excluding hydrogens is 370 g/mol. The van der Waals surface area contributed by atoms with Crippen LogP contribution < -0.4 is 0 Å². The molecule has 0 saturated heterocycles. The molecule has 0 amide bonds. The van der Waals surface area contributed by atoms with Gasteiger partial charge >= 0.3 is 0 Å². The van der Waals surface area contributed by atoms with Crippen LogP contribution in [0.25, 0.3) is 0 Å². The molecule has 0 radical (unpaired) electrons. The van der Waals surface area contributed by atoms with Crippen molar-refractivity contribution in [3.63, 3.8) is 0 Å². The van der Waals surface area contributed by atoms with Gasteiger partial charge in [0.15, 0.2) is 0 Å². The van der Waals surface area contributed by atoms with Crippen LogP contribution in [-0.4, -0.2) is 10.1 Å². The largest absolute Gasteiger partial charge is 0.388 e. The molecule has 0 fully saturated rings. The summed E-state index contributed by atoms with van der Waals surface area (Å²) in [5, 5.41) is 10.3. The zero-order chi connectivity index (χ0) is 13.8. The number of aliphatic hydroxyl groups excluding tert-OH is 1. The molecular formula is C15H15Br2NO. The van der Waals surface area contributed by atoms with Crippen LogP contribution in [-0.2, 0) is 12.8 Å².